The van der Waals surface area contributed by atoms with Gasteiger partial charge in [0.25, 0.3) is 0 Å². The van der Waals surface area contributed by atoms with E-state index in [1.807, 2.05) is 11.3 Å². The van der Waals surface area contributed by atoms with Crippen molar-refractivity contribution in [3.63, 3.8) is 0 Å². The number of nitrogens with one attached hydrogen (secondary N) is 1. The molecule has 1 nitrogen and oxygen atoms in total. The highest BCUT2D eigenvalue weighted by Gasteiger charge is 2.17. The van der Waals surface area contributed by atoms with E-state index in [0.717, 1.165) is 0 Å². The molecule has 0 aliphatic heterocycles. The van der Waals surface area contributed by atoms with Crippen LogP contribution in [0.1, 0.15) is 0 Å². The van der Waals surface area contributed by atoms with Crippen molar-refractivity contribution in [2.24, 2.45) is 0 Å². The fraction of sp³-hybridized carbons (Fsp3) is 0. The van der Waals surface area contributed by atoms with Gasteiger partial charge >= 0.3 is 0 Å². The van der Waals surface area contributed by atoms with Crippen LogP contribution in [0.3, 0.4) is 0 Å². The number of H-pyrrole nitrogens is 1. The predicted molar refractivity (Wildman–Crippen MR) is 122 cm³/mol. The molecule has 2 aromatic heterocycles. The molecule has 0 amide bonds. The van der Waals surface area contributed by atoms with E-state index >= 15 is 0 Å². The average Bonchev–Trinajstić information content (AvgIpc) is 3.35. The van der Waals surface area contributed by atoms with Crippen molar-refractivity contribution in [1.29, 1.82) is 0 Å². The first-order valence-corrected chi connectivity index (χ1v) is 10.3. The van der Waals surface area contributed by atoms with Crippen molar-refractivity contribution < 1.29 is 0 Å². The lowest BCUT2D eigenvalue weighted by atomic mass is 9.95. The van der Waals surface area contributed by atoms with Crippen LogP contribution in [-0.2, 0) is 0 Å². The molecular formula is C26H17NS. The molecule has 0 saturated carbocycles. The fourth-order valence-electron chi connectivity index (χ4n) is 4.14. The van der Waals surface area contributed by atoms with Crippen molar-refractivity contribution >= 4 is 43.2 Å². The van der Waals surface area contributed by atoms with Crippen LogP contribution in [0, 0.1) is 0 Å². The van der Waals surface area contributed by atoms with E-state index in [1.165, 1.54) is 53.5 Å². The Bertz CT molecular complexity index is 1420. The van der Waals surface area contributed by atoms with Crippen molar-refractivity contribution in [1.82, 2.24) is 4.98 Å². The van der Waals surface area contributed by atoms with E-state index in [1.54, 1.807) is 0 Å². The van der Waals surface area contributed by atoms with Crippen LogP contribution in [0.25, 0.3) is 53.5 Å². The number of benzene rings is 4. The highest BCUT2D eigenvalue weighted by Crippen LogP contribution is 2.44. The number of aromatic amines is 1. The highest BCUT2D eigenvalue weighted by atomic mass is 32.1. The fourth-order valence-corrected chi connectivity index (χ4v) is 5.27. The third-order valence-electron chi connectivity index (χ3n) is 5.44. The van der Waals surface area contributed by atoms with Gasteiger partial charge in [0.2, 0.25) is 0 Å². The maximum Gasteiger partial charge on any atom is 0.0559 e. The Hall–Kier alpha value is -3.36. The highest BCUT2D eigenvalue weighted by molar-refractivity contribution is 7.22. The lowest BCUT2D eigenvalue weighted by Gasteiger charge is -2.10. The average molecular weight is 375 g/mol. The van der Waals surface area contributed by atoms with Gasteiger partial charge in [0.15, 0.2) is 0 Å². The smallest absolute Gasteiger partial charge is 0.0559 e. The SMILES string of the molecule is c1ccc(-c2ccc3c([nH]c4ccccc43)c2-c2cc3ccccc3s2)cc1. The van der Waals surface area contributed by atoms with Gasteiger partial charge in [-0.15, -0.1) is 11.3 Å². The maximum absolute atomic E-state index is 3.71. The van der Waals surface area contributed by atoms with E-state index in [4.69, 9.17) is 0 Å². The Morgan fingerprint density at radius 3 is 2.32 bits per heavy atom. The van der Waals surface area contributed by atoms with Crippen LogP contribution in [0.15, 0.2) is 97.1 Å². The predicted octanol–water partition coefficient (Wildman–Crippen LogP) is 7.87. The molecule has 1 N–H and O–H groups in total. The second-order valence-electron chi connectivity index (χ2n) is 7.10. The molecule has 0 atom stereocenters. The molecule has 0 unspecified atom stereocenters. The summed E-state index contributed by atoms with van der Waals surface area (Å²) in [5.41, 5.74) is 6.21. The minimum absolute atomic E-state index is 1.19. The summed E-state index contributed by atoms with van der Waals surface area (Å²) in [6.07, 6.45) is 0. The van der Waals surface area contributed by atoms with Crippen molar-refractivity contribution in [2.45, 2.75) is 0 Å². The molecule has 0 spiro atoms. The Morgan fingerprint density at radius 1 is 0.643 bits per heavy atom. The molecule has 2 heterocycles. The standard InChI is InChI=1S/C26H17NS/c1-2-8-17(9-3-1)19-14-15-21-20-11-5-6-12-22(20)27-26(21)25(19)24-16-18-10-4-7-13-23(18)28-24/h1-16,27H. The number of para-hydroxylation sites is 1. The second-order valence-corrected chi connectivity index (χ2v) is 8.18. The number of thiophene rings is 1. The van der Waals surface area contributed by atoms with E-state index in [0.29, 0.717) is 0 Å². The summed E-state index contributed by atoms with van der Waals surface area (Å²) in [6, 6.07) is 34.7. The van der Waals surface area contributed by atoms with Crippen LogP contribution >= 0.6 is 11.3 Å². The molecule has 6 aromatic rings. The van der Waals surface area contributed by atoms with Gasteiger partial charge in [0, 0.05) is 31.4 Å². The summed E-state index contributed by atoms with van der Waals surface area (Å²) in [5.74, 6) is 0. The van der Waals surface area contributed by atoms with Crippen LogP contribution < -0.4 is 0 Å². The summed E-state index contributed by atoms with van der Waals surface area (Å²) in [6.45, 7) is 0. The normalized spacial score (nSPS) is 11.6. The second kappa shape index (κ2) is 6.08. The Kier molecular flexibility index (Phi) is 3.40. The van der Waals surface area contributed by atoms with Gasteiger partial charge in [-0.1, -0.05) is 78.9 Å². The molecule has 28 heavy (non-hydrogen) atoms. The first-order chi connectivity index (χ1) is 13.9. The number of rotatable bonds is 2. The third kappa shape index (κ3) is 2.32. The molecule has 2 heteroatoms. The molecular weight excluding hydrogens is 358 g/mol. The van der Waals surface area contributed by atoms with E-state index < -0.39 is 0 Å². The molecule has 0 fully saturated rings. The minimum atomic E-state index is 1.19. The molecule has 0 radical (unpaired) electrons. The van der Waals surface area contributed by atoms with Crippen LogP contribution in [0.5, 0.6) is 0 Å². The number of hydrogen-bond acceptors (Lipinski definition) is 1. The molecule has 132 valence electrons. The summed E-state index contributed by atoms with van der Waals surface area (Å²) in [4.78, 5) is 5.01. The van der Waals surface area contributed by atoms with Gasteiger partial charge in [-0.3, -0.25) is 0 Å². The summed E-state index contributed by atoms with van der Waals surface area (Å²) in [5, 5.41) is 3.86. The molecule has 0 bridgehead atoms. The number of fused-ring (bicyclic) bond motifs is 4. The summed E-state index contributed by atoms with van der Waals surface area (Å²) in [7, 11) is 0. The largest absolute Gasteiger partial charge is 0.354 e. The lowest BCUT2D eigenvalue weighted by Crippen LogP contribution is -1.85. The molecule has 0 aliphatic carbocycles. The van der Waals surface area contributed by atoms with E-state index in [-0.39, 0.29) is 0 Å². The molecule has 6 rings (SSSR count). The van der Waals surface area contributed by atoms with Gasteiger partial charge in [0.1, 0.15) is 0 Å². The Morgan fingerprint density at radius 2 is 1.43 bits per heavy atom. The first-order valence-electron chi connectivity index (χ1n) is 9.46. The van der Waals surface area contributed by atoms with Gasteiger partial charge in [-0.05, 0) is 34.7 Å². The zero-order valence-electron chi connectivity index (χ0n) is 15.1. The van der Waals surface area contributed by atoms with E-state index in [2.05, 4.69) is 102 Å². The summed E-state index contributed by atoms with van der Waals surface area (Å²) >= 11 is 1.86. The summed E-state index contributed by atoms with van der Waals surface area (Å²) < 4.78 is 1.32. The van der Waals surface area contributed by atoms with Crippen LogP contribution in [0.2, 0.25) is 0 Å². The van der Waals surface area contributed by atoms with Crippen molar-refractivity contribution in [3.8, 4) is 21.6 Å². The monoisotopic (exact) mass is 375 g/mol. The third-order valence-corrected chi connectivity index (χ3v) is 6.57. The number of hydrogen-bond donors (Lipinski definition) is 1. The number of aromatic nitrogens is 1. The van der Waals surface area contributed by atoms with Gasteiger partial charge < -0.3 is 4.98 Å². The Balaban J connectivity index is 1.76. The van der Waals surface area contributed by atoms with Gasteiger partial charge in [-0.25, -0.2) is 0 Å². The Labute approximate surface area is 166 Å². The minimum Gasteiger partial charge on any atom is -0.354 e. The quantitative estimate of drug-likeness (QED) is 0.317. The molecule has 0 aliphatic rings. The molecule has 0 saturated heterocycles. The molecule has 4 aromatic carbocycles. The van der Waals surface area contributed by atoms with E-state index in [9.17, 15) is 0 Å². The lowest BCUT2D eigenvalue weighted by molar-refractivity contribution is 1.54. The van der Waals surface area contributed by atoms with Gasteiger partial charge in [0.05, 0.1) is 5.52 Å². The maximum atomic E-state index is 3.71. The topological polar surface area (TPSA) is 15.8 Å². The first kappa shape index (κ1) is 15.7. The zero-order chi connectivity index (χ0) is 18.5. The zero-order valence-corrected chi connectivity index (χ0v) is 16.0. The van der Waals surface area contributed by atoms with Crippen LogP contribution in [-0.4, -0.2) is 4.98 Å². The van der Waals surface area contributed by atoms with Crippen molar-refractivity contribution in [2.75, 3.05) is 0 Å². The van der Waals surface area contributed by atoms with Crippen LogP contribution in [0.4, 0.5) is 0 Å². The van der Waals surface area contributed by atoms with Crippen molar-refractivity contribution in [3.05, 3.63) is 97.1 Å². The van der Waals surface area contributed by atoms with Gasteiger partial charge in [-0.2, -0.15) is 0 Å².